The molecule has 2 rings (SSSR count). The molecule has 0 bridgehead atoms. The Morgan fingerprint density at radius 2 is 2.10 bits per heavy atom. The lowest BCUT2D eigenvalue weighted by Gasteiger charge is -2.10. The van der Waals surface area contributed by atoms with Crippen LogP contribution in [0.5, 0.6) is 5.75 Å². The average Bonchev–Trinajstić information content (AvgIpc) is 2.93. The summed E-state index contributed by atoms with van der Waals surface area (Å²) in [5, 5.41) is 6.59. The third-order valence-electron chi connectivity index (χ3n) is 2.98. The Bertz CT molecular complexity index is 537. The van der Waals surface area contributed by atoms with Gasteiger partial charge in [0.15, 0.2) is 0 Å². The highest BCUT2D eigenvalue weighted by atomic mass is 32.1. The van der Waals surface area contributed by atoms with Crippen LogP contribution in [-0.4, -0.2) is 11.5 Å². The summed E-state index contributed by atoms with van der Waals surface area (Å²) in [5.74, 6) is 1.42. The van der Waals surface area contributed by atoms with Crippen LogP contribution in [0.15, 0.2) is 29.6 Å². The van der Waals surface area contributed by atoms with Crippen molar-refractivity contribution < 1.29 is 4.74 Å². The lowest BCUT2D eigenvalue weighted by Crippen LogP contribution is -2.12. The Morgan fingerprint density at radius 1 is 1.30 bits per heavy atom. The molecule has 0 unspecified atom stereocenters. The molecule has 1 aromatic heterocycles. The number of benzene rings is 1. The van der Waals surface area contributed by atoms with Crippen LogP contribution in [0.1, 0.15) is 43.0 Å². The van der Waals surface area contributed by atoms with Crippen molar-refractivity contribution in [3.05, 3.63) is 45.9 Å². The van der Waals surface area contributed by atoms with Crippen molar-refractivity contribution in [2.75, 3.05) is 6.54 Å². The average molecular weight is 290 g/mol. The highest BCUT2D eigenvalue weighted by Gasteiger charge is 2.07. The van der Waals surface area contributed by atoms with Crippen LogP contribution in [0.3, 0.4) is 0 Å². The standard InChI is InChI=1S/C16H22N2OS/c1-4-17-9-13-7-5-6-8-15(13)19-10-14-11-20-16(18-14)12(2)3/h5-8,11-12,17H,4,9-10H2,1-3H3. The van der Waals surface area contributed by atoms with Crippen LogP contribution in [-0.2, 0) is 13.2 Å². The number of ether oxygens (including phenoxy) is 1. The zero-order valence-corrected chi connectivity index (χ0v) is 13.2. The molecule has 20 heavy (non-hydrogen) atoms. The molecule has 0 aliphatic carbocycles. The molecule has 0 spiro atoms. The maximum atomic E-state index is 5.92. The van der Waals surface area contributed by atoms with E-state index in [0.29, 0.717) is 12.5 Å². The van der Waals surface area contributed by atoms with Crippen LogP contribution in [0.2, 0.25) is 0 Å². The molecule has 0 amide bonds. The van der Waals surface area contributed by atoms with Gasteiger partial charge in [0.2, 0.25) is 0 Å². The van der Waals surface area contributed by atoms with Crippen molar-refractivity contribution in [2.45, 2.75) is 39.8 Å². The smallest absolute Gasteiger partial charge is 0.131 e. The molecule has 0 aliphatic rings. The Balaban J connectivity index is 1.99. The Labute approximate surface area is 125 Å². The summed E-state index contributed by atoms with van der Waals surface area (Å²) in [7, 11) is 0. The van der Waals surface area contributed by atoms with Gasteiger partial charge in [0.25, 0.3) is 0 Å². The van der Waals surface area contributed by atoms with Gasteiger partial charge < -0.3 is 10.1 Å². The molecule has 0 saturated carbocycles. The molecule has 0 fully saturated rings. The number of para-hydroxylation sites is 1. The molecule has 0 atom stereocenters. The van der Waals surface area contributed by atoms with E-state index in [2.05, 4.69) is 42.5 Å². The normalized spacial score (nSPS) is 11.0. The van der Waals surface area contributed by atoms with Crippen LogP contribution in [0.4, 0.5) is 0 Å². The van der Waals surface area contributed by atoms with E-state index in [9.17, 15) is 0 Å². The monoisotopic (exact) mass is 290 g/mol. The molecule has 108 valence electrons. The lowest BCUT2D eigenvalue weighted by molar-refractivity contribution is 0.298. The molecule has 0 aliphatic heterocycles. The maximum Gasteiger partial charge on any atom is 0.131 e. The van der Waals surface area contributed by atoms with Gasteiger partial charge in [-0.3, -0.25) is 0 Å². The maximum absolute atomic E-state index is 5.92. The number of hydrogen-bond acceptors (Lipinski definition) is 4. The fraction of sp³-hybridized carbons (Fsp3) is 0.438. The third-order valence-corrected chi connectivity index (χ3v) is 4.17. The van der Waals surface area contributed by atoms with Gasteiger partial charge in [0, 0.05) is 23.4 Å². The van der Waals surface area contributed by atoms with E-state index < -0.39 is 0 Å². The van der Waals surface area contributed by atoms with E-state index in [-0.39, 0.29) is 0 Å². The summed E-state index contributed by atoms with van der Waals surface area (Å²) in [6, 6.07) is 8.16. The molecule has 1 aromatic carbocycles. The van der Waals surface area contributed by atoms with Crippen molar-refractivity contribution in [1.29, 1.82) is 0 Å². The molecule has 3 nitrogen and oxygen atoms in total. The van der Waals surface area contributed by atoms with Crippen molar-refractivity contribution in [1.82, 2.24) is 10.3 Å². The fourth-order valence-electron chi connectivity index (χ4n) is 1.86. The minimum absolute atomic E-state index is 0.481. The van der Waals surface area contributed by atoms with Crippen molar-refractivity contribution in [2.24, 2.45) is 0 Å². The van der Waals surface area contributed by atoms with Crippen LogP contribution in [0.25, 0.3) is 0 Å². The summed E-state index contributed by atoms with van der Waals surface area (Å²) in [6.45, 7) is 8.75. The summed E-state index contributed by atoms with van der Waals surface area (Å²) < 4.78 is 5.92. The topological polar surface area (TPSA) is 34.1 Å². The molecule has 4 heteroatoms. The Kier molecular flexibility index (Phi) is 5.56. The van der Waals surface area contributed by atoms with E-state index in [1.807, 2.05) is 18.2 Å². The number of rotatable bonds is 7. The first kappa shape index (κ1) is 15.0. The number of nitrogens with zero attached hydrogens (tertiary/aromatic N) is 1. The molecule has 2 aromatic rings. The second-order valence-electron chi connectivity index (χ2n) is 5.01. The van der Waals surface area contributed by atoms with Gasteiger partial charge in [0.05, 0.1) is 10.7 Å². The third kappa shape index (κ3) is 4.05. The Hall–Kier alpha value is -1.39. The van der Waals surface area contributed by atoms with Crippen molar-refractivity contribution in [3.8, 4) is 5.75 Å². The van der Waals surface area contributed by atoms with Gasteiger partial charge >= 0.3 is 0 Å². The van der Waals surface area contributed by atoms with Crippen LogP contribution in [0, 0.1) is 0 Å². The van der Waals surface area contributed by atoms with Crippen molar-refractivity contribution in [3.63, 3.8) is 0 Å². The lowest BCUT2D eigenvalue weighted by atomic mass is 10.2. The van der Waals surface area contributed by atoms with Gasteiger partial charge in [-0.25, -0.2) is 4.98 Å². The molecule has 1 heterocycles. The predicted octanol–water partition coefficient (Wildman–Crippen LogP) is 3.96. The number of aromatic nitrogens is 1. The summed E-state index contributed by atoms with van der Waals surface area (Å²) in [4.78, 5) is 4.59. The summed E-state index contributed by atoms with van der Waals surface area (Å²) >= 11 is 1.71. The summed E-state index contributed by atoms with van der Waals surface area (Å²) in [6.07, 6.45) is 0. The van der Waals surface area contributed by atoms with Gasteiger partial charge in [-0.05, 0) is 12.6 Å². The van der Waals surface area contributed by atoms with E-state index in [1.165, 1.54) is 10.6 Å². The van der Waals surface area contributed by atoms with Crippen LogP contribution < -0.4 is 10.1 Å². The second-order valence-corrected chi connectivity index (χ2v) is 5.90. The van der Waals surface area contributed by atoms with E-state index in [4.69, 9.17) is 4.74 Å². The zero-order valence-electron chi connectivity index (χ0n) is 12.3. The quantitative estimate of drug-likeness (QED) is 0.838. The zero-order chi connectivity index (χ0) is 14.4. The van der Waals surface area contributed by atoms with E-state index in [0.717, 1.165) is 24.5 Å². The second kappa shape index (κ2) is 7.41. The molecule has 1 N–H and O–H groups in total. The molecular formula is C16H22N2OS. The first-order valence-electron chi connectivity index (χ1n) is 7.06. The highest BCUT2D eigenvalue weighted by molar-refractivity contribution is 7.09. The minimum Gasteiger partial charge on any atom is -0.487 e. The minimum atomic E-state index is 0.481. The van der Waals surface area contributed by atoms with E-state index >= 15 is 0 Å². The van der Waals surface area contributed by atoms with Crippen molar-refractivity contribution >= 4 is 11.3 Å². The van der Waals surface area contributed by atoms with Gasteiger partial charge in [-0.15, -0.1) is 11.3 Å². The first-order valence-corrected chi connectivity index (χ1v) is 7.94. The van der Waals surface area contributed by atoms with Crippen LogP contribution >= 0.6 is 11.3 Å². The predicted molar refractivity (Wildman–Crippen MR) is 84.4 cm³/mol. The first-order chi connectivity index (χ1) is 9.70. The molecule has 0 radical (unpaired) electrons. The molecular weight excluding hydrogens is 268 g/mol. The molecule has 0 saturated heterocycles. The van der Waals surface area contributed by atoms with Gasteiger partial charge in [-0.1, -0.05) is 39.0 Å². The highest BCUT2D eigenvalue weighted by Crippen LogP contribution is 2.22. The van der Waals surface area contributed by atoms with E-state index in [1.54, 1.807) is 11.3 Å². The van der Waals surface area contributed by atoms with Gasteiger partial charge in [-0.2, -0.15) is 0 Å². The number of thiazole rings is 1. The largest absolute Gasteiger partial charge is 0.487 e. The Morgan fingerprint density at radius 3 is 2.80 bits per heavy atom. The SMILES string of the molecule is CCNCc1ccccc1OCc1csc(C(C)C)n1. The number of nitrogens with one attached hydrogen (secondary N) is 1. The fourth-order valence-corrected chi connectivity index (χ4v) is 2.68. The van der Waals surface area contributed by atoms with Gasteiger partial charge in [0.1, 0.15) is 12.4 Å². The number of hydrogen-bond donors (Lipinski definition) is 1. The summed E-state index contributed by atoms with van der Waals surface area (Å²) in [5.41, 5.74) is 2.20.